The first kappa shape index (κ1) is 8.16. The number of carbonyl (C=O) groups is 1. The third-order valence-electron chi connectivity index (χ3n) is 1.52. The summed E-state index contributed by atoms with van der Waals surface area (Å²) in [6.45, 7) is 0. The molecule has 0 saturated heterocycles. The molecule has 6 heteroatoms. The normalized spacial score (nSPS) is 29.7. The molecule has 1 saturated carbocycles. The summed E-state index contributed by atoms with van der Waals surface area (Å²) in [5, 5.41) is 9.80. The zero-order valence-corrected chi connectivity index (χ0v) is 5.35. The van der Waals surface area contributed by atoms with Crippen LogP contribution >= 0.6 is 0 Å². The second-order valence-corrected chi connectivity index (χ2v) is 2.44. The van der Waals surface area contributed by atoms with Gasteiger partial charge in [-0.15, -0.1) is 0 Å². The zero-order valence-electron chi connectivity index (χ0n) is 5.35. The Kier molecular flexibility index (Phi) is 1.69. The van der Waals surface area contributed by atoms with Gasteiger partial charge in [-0.1, -0.05) is 0 Å². The van der Waals surface area contributed by atoms with E-state index in [-0.39, 0.29) is 6.42 Å². The number of nitrogens with one attached hydrogen (secondary N) is 1. The molecule has 1 unspecified atom stereocenters. The Bertz CT molecular complexity index is 179. The maximum absolute atomic E-state index is 11.7. The first-order valence-electron chi connectivity index (χ1n) is 2.97. The highest BCUT2D eigenvalue weighted by atomic mass is 19.4. The van der Waals surface area contributed by atoms with Gasteiger partial charge in [-0.3, -0.25) is 0 Å². The van der Waals surface area contributed by atoms with E-state index >= 15 is 0 Å². The molecule has 1 rings (SSSR count). The lowest BCUT2D eigenvalue weighted by atomic mass is 10.4. The zero-order chi connectivity index (χ0) is 8.65. The molecule has 0 aromatic carbocycles. The maximum atomic E-state index is 11.7. The van der Waals surface area contributed by atoms with Gasteiger partial charge in [0.05, 0.1) is 5.92 Å². The molecule has 11 heavy (non-hydrogen) atoms. The number of alkyl halides is 3. The van der Waals surface area contributed by atoms with E-state index in [0.29, 0.717) is 0 Å². The molecule has 64 valence electrons. The Morgan fingerprint density at radius 2 is 2.09 bits per heavy atom. The van der Waals surface area contributed by atoms with E-state index in [2.05, 4.69) is 0 Å². The number of halogens is 3. The fourth-order valence-electron chi connectivity index (χ4n) is 0.875. The number of hydrogen-bond acceptors (Lipinski definition) is 1. The molecule has 0 bridgehead atoms. The summed E-state index contributed by atoms with van der Waals surface area (Å²) in [5.41, 5.74) is 0. The number of amides is 1. The lowest BCUT2D eigenvalue weighted by Crippen LogP contribution is -2.28. The highest BCUT2D eigenvalue weighted by Gasteiger charge is 2.56. The Hall–Kier alpha value is -0.940. The van der Waals surface area contributed by atoms with Gasteiger partial charge >= 0.3 is 12.3 Å². The van der Waals surface area contributed by atoms with Gasteiger partial charge in [0.25, 0.3) is 0 Å². The second kappa shape index (κ2) is 2.28. The van der Waals surface area contributed by atoms with Crippen molar-refractivity contribution in [3.8, 4) is 0 Å². The molecule has 1 fully saturated rings. The Balaban J connectivity index is 2.32. The van der Waals surface area contributed by atoms with Gasteiger partial charge in [-0.05, 0) is 6.42 Å². The van der Waals surface area contributed by atoms with E-state index < -0.39 is 24.2 Å². The van der Waals surface area contributed by atoms with E-state index in [1.54, 1.807) is 5.32 Å². The summed E-state index contributed by atoms with van der Waals surface area (Å²) in [7, 11) is 0. The van der Waals surface area contributed by atoms with Crippen LogP contribution in [0.4, 0.5) is 18.0 Å². The van der Waals surface area contributed by atoms with Crippen molar-refractivity contribution in [1.82, 2.24) is 5.32 Å². The van der Waals surface area contributed by atoms with Gasteiger partial charge in [-0.25, -0.2) is 4.79 Å². The summed E-state index contributed by atoms with van der Waals surface area (Å²) in [6.07, 6.45) is -5.79. The Morgan fingerprint density at radius 3 is 2.36 bits per heavy atom. The molecular formula is C5H6F3NO2. The van der Waals surface area contributed by atoms with E-state index in [1.165, 1.54) is 0 Å². The predicted octanol–water partition coefficient (Wildman–Crippen LogP) is 1.20. The van der Waals surface area contributed by atoms with Gasteiger partial charge in [0, 0.05) is 6.04 Å². The van der Waals surface area contributed by atoms with Crippen molar-refractivity contribution in [2.45, 2.75) is 18.6 Å². The first-order chi connectivity index (χ1) is 4.91. The predicted molar refractivity (Wildman–Crippen MR) is 29.1 cm³/mol. The van der Waals surface area contributed by atoms with E-state index in [4.69, 9.17) is 5.11 Å². The molecule has 0 radical (unpaired) electrons. The highest BCUT2D eigenvalue weighted by Crippen LogP contribution is 2.44. The van der Waals surface area contributed by atoms with Crippen molar-refractivity contribution in [3.63, 3.8) is 0 Å². The van der Waals surface area contributed by atoms with Crippen molar-refractivity contribution < 1.29 is 23.1 Å². The van der Waals surface area contributed by atoms with Crippen LogP contribution < -0.4 is 5.32 Å². The maximum Gasteiger partial charge on any atom is 0.404 e. The molecule has 2 N–H and O–H groups in total. The van der Waals surface area contributed by atoms with Gasteiger partial charge < -0.3 is 10.4 Å². The van der Waals surface area contributed by atoms with E-state index in [9.17, 15) is 18.0 Å². The standard InChI is InChI=1S/C5H6F3NO2/c6-5(7,8)2-1-3(2)9-4(10)11/h2-3,9H,1H2,(H,10,11)/t2?,3-/m1/s1. The summed E-state index contributed by atoms with van der Waals surface area (Å²) in [5.74, 6) is -1.47. The van der Waals surface area contributed by atoms with E-state index in [1.807, 2.05) is 0 Å². The fourth-order valence-corrected chi connectivity index (χ4v) is 0.875. The summed E-state index contributed by atoms with van der Waals surface area (Å²) in [6, 6.07) is -0.924. The average Bonchev–Trinajstić information content (AvgIpc) is 2.40. The number of hydrogen-bond donors (Lipinski definition) is 2. The fraction of sp³-hybridized carbons (Fsp3) is 0.800. The lowest BCUT2D eigenvalue weighted by Gasteiger charge is -2.03. The van der Waals surface area contributed by atoms with Crippen molar-refractivity contribution >= 4 is 6.09 Å². The van der Waals surface area contributed by atoms with Crippen LogP contribution in [0.3, 0.4) is 0 Å². The van der Waals surface area contributed by atoms with Crippen LogP contribution in [0.5, 0.6) is 0 Å². The second-order valence-electron chi connectivity index (χ2n) is 2.44. The van der Waals surface area contributed by atoms with Crippen LogP contribution in [0.2, 0.25) is 0 Å². The Morgan fingerprint density at radius 1 is 1.55 bits per heavy atom. The summed E-state index contributed by atoms with van der Waals surface area (Å²) in [4.78, 5) is 9.84. The SMILES string of the molecule is O=C(O)N[C@@H]1CC1C(F)(F)F. The quantitative estimate of drug-likeness (QED) is 0.619. The Labute approximate surface area is 60.2 Å². The van der Waals surface area contributed by atoms with Crippen LogP contribution in [0.15, 0.2) is 0 Å². The number of carboxylic acid groups (broad SMARTS) is 1. The third kappa shape index (κ3) is 1.99. The monoisotopic (exact) mass is 169 g/mol. The van der Waals surface area contributed by atoms with Gasteiger partial charge in [0.2, 0.25) is 0 Å². The molecule has 2 atom stereocenters. The van der Waals surface area contributed by atoms with Gasteiger partial charge in [0.1, 0.15) is 0 Å². The number of rotatable bonds is 1. The smallest absolute Gasteiger partial charge is 0.404 e. The van der Waals surface area contributed by atoms with Crippen molar-refractivity contribution in [1.29, 1.82) is 0 Å². The molecule has 1 aliphatic carbocycles. The van der Waals surface area contributed by atoms with Gasteiger partial charge in [0.15, 0.2) is 0 Å². The van der Waals surface area contributed by atoms with E-state index in [0.717, 1.165) is 0 Å². The largest absolute Gasteiger partial charge is 0.465 e. The molecule has 0 heterocycles. The molecule has 1 amide bonds. The van der Waals surface area contributed by atoms with Crippen molar-refractivity contribution in [3.05, 3.63) is 0 Å². The highest BCUT2D eigenvalue weighted by molar-refractivity contribution is 5.65. The topological polar surface area (TPSA) is 49.3 Å². The summed E-state index contributed by atoms with van der Waals surface area (Å²) >= 11 is 0. The minimum Gasteiger partial charge on any atom is -0.465 e. The summed E-state index contributed by atoms with van der Waals surface area (Å²) < 4.78 is 35.1. The molecule has 0 spiro atoms. The van der Waals surface area contributed by atoms with Crippen molar-refractivity contribution in [2.75, 3.05) is 0 Å². The molecular weight excluding hydrogens is 163 g/mol. The van der Waals surface area contributed by atoms with Crippen molar-refractivity contribution in [2.24, 2.45) is 5.92 Å². The average molecular weight is 169 g/mol. The van der Waals surface area contributed by atoms with Crippen LogP contribution in [-0.2, 0) is 0 Å². The van der Waals surface area contributed by atoms with Crippen LogP contribution in [0.1, 0.15) is 6.42 Å². The minimum atomic E-state index is -4.26. The third-order valence-corrected chi connectivity index (χ3v) is 1.52. The molecule has 3 nitrogen and oxygen atoms in total. The molecule has 0 aromatic rings. The molecule has 0 aromatic heterocycles. The van der Waals surface area contributed by atoms with Gasteiger partial charge in [-0.2, -0.15) is 13.2 Å². The van der Waals surface area contributed by atoms with Crippen LogP contribution in [-0.4, -0.2) is 23.4 Å². The first-order valence-corrected chi connectivity index (χ1v) is 2.97. The molecule has 1 aliphatic rings. The minimum absolute atomic E-state index is 0.129. The molecule has 0 aliphatic heterocycles. The van der Waals surface area contributed by atoms with Crippen LogP contribution in [0.25, 0.3) is 0 Å². The van der Waals surface area contributed by atoms with Crippen LogP contribution in [0, 0.1) is 5.92 Å². The lowest BCUT2D eigenvalue weighted by molar-refractivity contribution is -0.148.